The van der Waals surface area contributed by atoms with Crippen LogP contribution >= 0.6 is 11.6 Å². The van der Waals surface area contributed by atoms with Crippen LogP contribution < -0.4 is 5.73 Å². The Balaban J connectivity index is 1.87. The first-order chi connectivity index (χ1) is 10.1. The second kappa shape index (κ2) is 5.54. The zero-order valence-electron chi connectivity index (χ0n) is 10.9. The van der Waals surface area contributed by atoms with E-state index in [1.807, 2.05) is 6.07 Å². The highest BCUT2D eigenvalue weighted by Gasteiger charge is 2.13. The highest BCUT2D eigenvalue weighted by Crippen LogP contribution is 2.22. The van der Waals surface area contributed by atoms with E-state index in [-0.39, 0.29) is 11.4 Å². The van der Waals surface area contributed by atoms with Crippen molar-refractivity contribution < 1.29 is 8.91 Å². The van der Waals surface area contributed by atoms with Crippen molar-refractivity contribution in [3.63, 3.8) is 0 Å². The van der Waals surface area contributed by atoms with E-state index in [1.165, 1.54) is 6.07 Å². The van der Waals surface area contributed by atoms with Crippen molar-refractivity contribution in [3.05, 3.63) is 64.7 Å². The monoisotopic (exact) mass is 303 g/mol. The van der Waals surface area contributed by atoms with Crippen LogP contribution in [0.15, 0.2) is 47.0 Å². The van der Waals surface area contributed by atoms with Crippen molar-refractivity contribution in [1.29, 1.82) is 0 Å². The number of aromatic nitrogens is 2. The molecule has 0 radical (unpaired) electrons. The molecule has 0 saturated heterocycles. The van der Waals surface area contributed by atoms with Gasteiger partial charge in [0, 0.05) is 17.7 Å². The van der Waals surface area contributed by atoms with Gasteiger partial charge in [0.25, 0.3) is 5.89 Å². The molecule has 0 fully saturated rings. The number of nitrogen functional groups attached to an aromatic ring is 1. The minimum atomic E-state index is -0.463. The fourth-order valence-electron chi connectivity index (χ4n) is 1.97. The van der Waals surface area contributed by atoms with Gasteiger partial charge in [0.05, 0.1) is 5.02 Å². The molecule has 1 aromatic heterocycles. The molecule has 3 aromatic rings. The number of nitrogens with two attached hydrogens (primary N) is 1. The lowest BCUT2D eigenvalue weighted by Gasteiger charge is -2.00. The molecule has 0 atom stereocenters. The predicted octanol–water partition coefficient (Wildman–Crippen LogP) is 3.70. The van der Waals surface area contributed by atoms with Gasteiger partial charge in [0.2, 0.25) is 0 Å². The Labute approximate surface area is 125 Å². The molecular weight excluding hydrogens is 293 g/mol. The average Bonchev–Trinajstić information content (AvgIpc) is 2.93. The normalized spacial score (nSPS) is 10.8. The summed E-state index contributed by atoms with van der Waals surface area (Å²) in [5, 5.41) is 3.93. The molecule has 0 aliphatic carbocycles. The molecule has 106 valence electrons. The van der Waals surface area contributed by atoms with Gasteiger partial charge in [-0.05, 0) is 29.8 Å². The van der Waals surface area contributed by atoms with Crippen LogP contribution in [0.5, 0.6) is 0 Å². The minimum absolute atomic E-state index is 0.0760. The number of benzene rings is 2. The summed E-state index contributed by atoms with van der Waals surface area (Å²) in [7, 11) is 0. The summed E-state index contributed by atoms with van der Waals surface area (Å²) in [5.41, 5.74) is 7.45. The van der Waals surface area contributed by atoms with Crippen molar-refractivity contribution in [1.82, 2.24) is 10.1 Å². The highest BCUT2D eigenvalue weighted by atomic mass is 35.5. The molecule has 0 amide bonds. The molecule has 0 saturated carbocycles. The van der Waals surface area contributed by atoms with Gasteiger partial charge < -0.3 is 10.3 Å². The first-order valence-corrected chi connectivity index (χ1v) is 6.62. The van der Waals surface area contributed by atoms with Crippen LogP contribution in [-0.2, 0) is 6.42 Å². The number of hydrogen-bond acceptors (Lipinski definition) is 4. The van der Waals surface area contributed by atoms with Crippen molar-refractivity contribution in [3.8, 4) is 11.5 Å². The molecule has 2 aromatic carbocycles. The van der Waals surface area contributed by atoms with E-state index in [9.17, 15) is 4.39 Å². The molecule has 0 unspecified atom stereocenters. The van der Waals surface area contributed by atoms with Crippen molar-refractivity contribution in [2.75, 3.05) is 5.73 Å². The number of halogens is 2. The Kier molecular flexibility index (Phi) is 3.58. The van der Waals surface area contributed by atoms with E-state index in [4.69, 9.17) is 21.9 Å². The molecule has 3 rings (SSSR count). The molecule has 6 heteroatoms. The van der Waals surface area contributed by atoms with Crippen LogP contribution in [0.1, 0.15) is 11.4 Å². The van der Waals surface area contributed by atoms with Gasteiger partial charge in [-0.1, -0.05) is 35.0 Å². The molecule has 1 heterocycles. The summed E-state index contributed by atoms with van der Waals surface area (Å²) in [5.74, 6) is 0.266. The average molecular weight is 304 g/mol. The minimum Gasteiger partial charge on any atom is -0.399 e. The highest BCUT2D eigenvalue weighted by molar-refractivity contribution is 6.30. The van der Waals surface area contributed by atoms with E-state index in [0.717, 1.165) is 5.56 Å². The standard InChI is InChI=1S/C15H11ClFN3O/c16-12-6-2-3-9(14(12)17)8-13-19-15(21-20-13)10-4-1-5-11(18)7-10/h1-7H,8,18H2. The molecule has 2 N–H and O–H groups in total. The van der Waals surface area contributed by atoms with E-state index in [2.05, 4.69) is 10.1 Å². The Morgan fingerprint density at radius 1 is 1.19 bits per heavy atom. The van der Waals surface area contributed by atoms with Crippen molar-refractivity contribution in [2.45, 2.75) is 6.42 Å². The first-order valence-electron chi connectivity index (χ1n) is 6.25. The van der Waals surface area contributed by atoms with Gasteiger partial charge in [-0.15, -0.1) is 0 Å². The third-order valence-electron chi connectivity index (χ3n) is 2.98. The summed E-state index contributed by atoms with van der Waals surface area (Å²) in [6, 6.07) is 11.9. The Bertz CT molecular complexity index is 788. The van der Waals surface area contributed by atoms with Crippen LogP contribution in [0, 0.1) is 5.82 Å². The molecule has 0 spiro atoms. The first kappa shape index (κ1) is 13.6. The van der Waals surface area contributed by atoms with Gasteiger partial charge in [0.15, 0.2) is 5.82 Å². The lowest BCUT2D eigenvalue weighted by molar-refractivity contribution is 0.423. The van der Waals surface area contributed by atoms with Crippen LogP contribution in [-0.4, -0.2) is 10.1 Å². The summed E-state index contributed by atoms with van der Waals surface area (Å²) >= 11 is 5.75. The van der Waals surface area contributed by atoms with Crippen molar-refractivity contribution in [2.24, 2.45) is 0 Å². The Morgan fingerprint density at radius 2 is 2.00 bits per heavy atom. The zero-order valence-corrected chi connectivity index (χ0v) is 11.6. The fraction of sp³-hybridized carbons (Fsp3) is 0.0667. The lowest BCUT2D eigenvalue weighted by atomic mass is 10.1. The second-order valence-corrected chi connectivity index (χ2v) is 4.94. The predicted molar refractivity (Wildman–Crippen MR) is 78.4 cm³/mol. The molecular formula is C15H11ClFN3O. The lowest BCUT2D eigenvalue weighted by Crippen LogP contribution is -1.95. The summed E-state index contributed by atoms with van der Waals surface area (Å²) in [4.78, 5) is 4.24. The fourth-order valence-corrected chi connectivity index (χ4v) is 2.16. The quantitative estimate of drug-likeness (QED) is 0.749. The molecule has 0 bridgehead atoms. The molecule has 0 aliphatic heterocycles. The van der Waals surface area contributed by atoms with Crippen LogP contribution in [0.3, 0.4) is 0 Å². The van der Waals surface area contributed by atoms with Crippen LogP contribution in [0.4, 0.5) is 10.1 Å². The van der Waals surface area contributed by atoms with Crippen molar-refractivity contribution >= 4 is 17.3 Å². The van der Waals surface area contributed by atoms with E-state index >= 15 is 0 Å². The van der Waals surface area contributed by atoms with Gasteiger partial charge >= 0.3 is 0 Å². The number of anilines is 1. The number of rotatable bonds is 3. The van der Waals surface area contributed by atoms with Gasteiger partial charge in [-0.2, -0.15) is 4.98 Å². The zero-order chi connectivity index (χ0) is 14.8. The third-order valence-corrected chi connectivity index (χ3v) is 3.27. The van der Waals surface area contributed by atoms with Gasteiger partial charge in [0.1, 0.15) is 5.82 Å². The molecule has 4 nitrogen and oxygen atoms in total. The largest absolute Gasteiger partial charge is 0.399 e. The van der Waals surface area contributed by atoms with Crippen LogP contribution in [0.2, 0.25) is 5.02 Å². The molecule has 21 heavy (non-hydrogen) atoms. The summed E-state index contributed by atoms with van der Waals surface area (Å²) < 4.78 is 19.0. The maximum Gasteiger partial charge on any atom is 0.258 e. The summed E-state index contributed by atoms with van der Waals surface area (Å²) in [6.07, 6.45) is 0.207. The third kappa shape index (κ3) is 2.87. The van der Waals surface area contributed by atoms with E-state index in [0.29, 0.717) is 23.0 Å². The van der Waals surface area contributed by atoms with Crippen LogP contribution in [0.25, 0.3) is 11.5 Å². The maximum absolute atomic E-state index is 13.8. The van der Waals surface area contributed by atoms with E-state index in [1.54, 1.807) is 30.3 Å². The SMILES string of the molecule is Nc1cccc(-c2nc(Cc3cccc(Cl)c3F)no2)c1. The van der Waals surface area contributed by atoms with E-state index < -0.39 is 5.82 Å². The smallest absolute Gasteiger partial charge is 0.258 e. The maximum atomic E-state index is 13.8. The van der Waals surface area contributed by atoms with Gasteiger partial charge in [-0.25, -0.2) is 4.39 Å². The summed E-state index contributed by atoms with van der Waals surface area (Å²) in [6.45, 7) is 0. The number of nitrogens with zero attached hydrogens (tertiary/aromatic N) is 2. The molecule has 0 aliphatic rings. The topological polar surface area (TPSA) is 64.9 Å². The number of hydrogen-bond donors (Lipinski definition) is 1. The Morgan fingerprint density at radius 3 is 2.81 bits per heavy atom. The Hall–Kier alpha value is -2.40. The second-order valence-electron chi connectivity index (χ2n) is 4.53. The van der Waals surface area contributed by atoms with Gasteiger partial charge in [-0.3, -0.25) is 0 Å².